The van der Waals surface area contributed by atoms with E-state index in [4.69, 9.17) is 0 Å². The number of thiophene rings is 1. The number of hydrogen-bond donors (Lipinski definition) is 2. The third-order valence-electron chi connectivity index (χ3n) is 3.71. The molecule has 3 aromatic rings. The topological polar surface area (TPSA) is 32.3 Å². The molecule has 2 nitrogen and oxygen atoms in total. The summed E-state index contributed by atoms with van der Waals surface area (Å²) in [5, 5.41) is 14.5. The minimum Gasteiger partial charge on any atom is -0.394 e. The van der Waals surface area contributed by atoms with Gasteiger partial charge in [0.2, 0.25) is 0 Å². The van der Waals surface area contributed by atoms with Crippen molar-refractivity contribution in [2.45, 2.75) is 19.0 Å². The standard InChI is InChI=1S/C18H19NOS/c1-13(18-11-15-9-5-6-10-17(15)21-18)19-16(12-20)14-7-3-2-4-8-14/h2-11,13,16,19-20H,12H2,1H3/t13?,16-/m0/s1. The van der Waals surface area contributed by atoms with Crippen LogP contribution in [0.1, 0.15) is 29.4 Å². The van der Waals surface area contributed by atoms with E-state index >= 15 is 0 Å². The van der Waals surface area contributed by atoms with Gasteiger partial charge in [-0.1, -0.05) is 48.5 Å². The molecule has 21 heavy (non-hydrogen) atoms. The van der Waals surface area contributed by atoms with Crippen LogP contribution in [0.15, 0.2) is 60.7 Å². The van der Waals surface area contributed by atoms with Gasteiger partial charge in [0.25, 0.3) is 0 Å². The molecule has 0 fully saturated rings. The molecule has 1 heterocycles. The predicted molar refractivity (Wildman–Crippen MR) is 89.6 cm³/mol. The fourth-order valence-corrected chi connectivity index (χ4v) is 3.62. The Hall–Kier alpha value is -1.68. The molecular formula is C18H19NOS. The Morgan fingerprint density at radius 2 is 1.76 bits per heavy atom. The Labute approximate surface area is 129 Å². The highest BCUT2D eigenvalue weighted by Gasteiger charge is 2.16. The van der Waals surface area contributed by atoms with Crippen molar-refractivity contribution in [3.8, 4) is 0 Å². The lowest BCUT2D eigenvalue weighted by molar-refractivity contribution is 0.236. The van der Waals surface area contributed by atoms with Crippen LogP contribution in [0, 0.1) is 0 Å². The molecule has 0 saturated heterocycles. The van der Waals surface area contributed by atoms with E-state index in [9.17, 15) is 5.11 Å². The van der Waals surface area contributed by atoms with Crippen molar-refractivity contribution >= 4 is 21.4 Å². The fraction of sp³-hybridized carbons (Fsp3) is 0.222. The average Bonchev–Trinajstić information content (AvgIpc) is 2.97. The van der Waals surface area contributed by atoms with Gasteiger partial charge in [0.05, 0.1) is 12.6 Å². The van der Waals surface area contributed by atoms with E-state index in [1.54, 1.807) is 0 Å². The van der Waals surface area contributed by atoms with Gasteiger partial charge in [-0.05, 0) is 30.0 Å². The Morgan fingerprint density at radius 3 is 2.48 bits per heavy atom. The van der Waals surface area contributed by atoms with Crippen LogP contribution in [0.2, 0.25) is 0 Å². The van der Waals surface area contributed by atoms with Crippen LogP contribution in [0.5, 0.6) is 0 Å². The molecule has 0 amide bonds. The van der Waals surface area contributed by atoms with Crippen LogP contribution in [0.25, 0.3) is 10.1 Å². The molecule has 0 spiro atoms. The highest BCUT2D eigenvalue weighted by molar-refractivity contribution is 7.19. The number of hydrogen-bond acceptors (Lipinski definition) is 3. The van der Waals surface area contributed by atoms with Gasteiger partial charge in [0.1, 0.15) is 0 Å². The summed E-state index contributed by atoms with van der Waals surface area (Å²) in [4.78, 5) is 1.30. The summed E-state index contributed by atoms with van der Waals surface area (Å²) in [6.45, 7) is 2.25. The number of aliphatic hydroxyl groups excluding tert-OH is 1. The van der Waals surface area contributed by atoms with Gasteiger partial charge in [-0.15, -0.1) is 11.3 Å². The molecule has 3 heteroatoms. The Kier molecular flexibility index (Phi) is 4.34. The smallest absolute Gasteiger partial charge is 0.0626 e. The summed E-state index contributed by atoms with van der Waals surface area (Å²) in [6, 6.07) is 20.9. The Balaban J connectivity index is 1.79. The van der Waals surface area contributed by atoms with Crippen molar-refractivity contribution in [2.75, 3.05) is 6.61 Å². The van der Waals surface area contributed by atoms with E-state index < -0.39 is 0 Å². The molecule has 2 atom stereocenters. The van der Waals surface area contributed by atoms with Crippen molar-refractivity contribution in [1.29, 1.82) is 0 Å². The maximum absolute atomic E-state index is 9.66. The van der Waals surface area contributed by atoms with E-state index in [-0.39, 0.29) is 18.7 Å². The summed E-state index contributed by atoms with van der Waals surface area (Å²) < 4.78 is 1.31. The molecular weight excluding hydrogens is 278 g/mol. The van der Waals surface area contributed by atoms with Crippen molar-refractivity contribution in [2.24, 2.45) is 0 Å². The number of fused-ring (bicyclic) bond motifs is 1. The highest BCUT2D eigenvalue weighted by atomic mass is 32.1. The molecule has 2 aromatic carbocycles. The SMILES string of the molecule is CC(N[C@@H](CO)c1ccccc1)c1cc2ccccc2s1. The molecule has 3 rings (SSSR count). The molecule has 0 aliphatic heterocycles. The quantitative estimate of drug-likeness (QED) is 0.736. The summed E-state index contributed by atoms with van der Waals surface area (Å²) >= 11 is 1.81. The third-order valence-corrected chi connectivity index (χ3v) is 5.01. The second-order valence-electron chi connectivity index (χ2n) is 5.22. The third kappa shape index (κ3) is 3.16. The van der Waals surface area contributed by atoms with Crippen molar-refractivity contribution in [1.82, 2.24) is 5.32 Å². The minimum absolute atomic E-state index is 0.0357. The minimum atomic E-state index is -0.0357. The van der Waals surface area contributed by atoms with Crippen LogP contribution in [-0.2, 0) is 0 Å². The molecule has 1 unspecified atom stereocenters. The second kappa shape index (κ2) is 6.39. The van der Waals surface area contributed by atoms with Crippen LogP contribution in [0.3, 0.4) is 0 Å². The normalized spacial score (nSPS) is 14.2. The zero-order valence-corrected chi connectivity index (χ0v) is 12.8. The molecule has 108 valence electrons. The van der Waals surface area contributed by atoms with Crippen LogP contribution in [0.4, 0.5) is 0 Å². The van der Waals surface area contributed by atoms with E-state index in [0.717, 1.165) is 5.56 Å². The van der Waals surface area contributed by atoms with E-state index in [2.05, 4.69) is 42.6 Å². The fourth-order valence-electron chi connectivity index (χ4n) is 2.54. The van der Waals surface area contributed by atoms with E-state index in [1.165, 1.54) is 15.0 Å². The van der Waals surface area contributed by atoms with E-state index in [0.29, 0.717) is 0 Å². The van der Waals surface area contributed by atoms with Gasteiger partial charge in [0.15, 0.2) is 0 Å². The highest BCUT2D eigenvalue weighted by Crippen LogP contribution is 2.30. The van der Waals surface area contributed by atoms with Gasteiger partial charge < -0.3 is 10.4 Å². The summed E-state index contributed by atoms with van der Waals surface area (Å²) in [6.07, 6.45) is 0. The first-order valence-corrected chi connectivity index (χ1v) is 8.00. The molecule has 2 N–H and O–H groups in total. The molecule has 0 aliphatic rings. The molecule has 0 radical (unpaired) electrons. The largest absolute Gasteiger partial charge is 0.394 e. The number of aliphatic hydroxyl groups is 1. The number of benzene rings is 2. The van der Waals surface area contributed by atoms with Crippen molar-refractivity contribution in [3.05, 3.63) is 71.1 Å². The van der Waals surface area contributed by atoms with Crippen LogP contribution >= 0.6 is 11.3 Å². The lowest BCUT2D eigenvalue weighted by Gasteiger charge is -2.21. The molecule has 0 bridgehead atoms. The monoisotopic (exact) mass is 297 g/mol. The van der Waals surface area contributed by atoms with Crippen LogP contribution in [-0.4, -0.2) is 11.7 Å². The molecule has 0 saturated carbocycles. The maximum Gasteiger partial charge on any atom is 0.0626 e. The van der Waals surface area contributed by atoms with Gasteiger partial charge in [-0.25, -0.2) is 0 Å². The van der Waals surface area contributed by atoms with Crippen molar-refractivity contribution < 1.29 is 5.11 Å². The van der Waals surface area contributed by atoms with Gasteiger partial charge in [0, 0.05) is 15.6 Å². The average molecular weight is 297 g/mol. The number of nitrogens with one attached hydrogen (secondary N) is 1. The Bertz CT molecular complexity index is 674. The zero-order chi connectivity index (χ0) is 14.7. The van der Waals surface area contributed by atoms with Gasteiger partial charge >= 0.3 is 0 Å². The first kappa shape index (κ1) is 14.3. The summed E-state index contributed by atoms with van der Waals surface area (Å²) in [5.74, 6) is 0. The molecule has 1 aromatic heterocycles. The maximum atomic E-state index is 9.66. The second-order valence-corrected chi connectivity index (χ2v) is 6.34. The lowest BCUT2D eigenvalue weighted by Crippen LogP contribution is -2.26. The van der Waals surface area contributed by atoms with Gasteiger partial charge in [-0.3, -0.25) is 0 Å². The summed E-state index contributed by atoms with van der Waals surface area (Å²) in [7, 11) is 0. The zero-order valence-electron chi connectivity index (χ0n) is 12.0. The summed E-state index contributed by atoms with van der Waals surface area (Å²) in [5.41, 5.74) is 1.12. The van der Waals surface area contributed by atoms with E-state index in [1.807, 2.05) is 41.7 Å². The van der Waals surface area contributed by atoms with Gasteiger partial charge in [-0.2, -0.15) is 0 Å². The first-order valence-electron chi connectivity index (χ1n) is 7.18. The molecule has 0 aliphatic carbocycles. The Morgan fingerprint density at radius 1 is 1.05 bits per heavy atom. The predicted octanol–water partition coefficient (Wildman–Crippen LogP) is 4.29. The lowest BCUT2D eigenvalue weighted by atomic mass is 10.1. The van der Waals surface area contributed by atoms with Crippen LogP contribution < -0.4 is 5.32 Å². The number of rotatable bonds is 5. The first-order chi connectivity index (χ1) is 10.3. The van der Waals surface area contributed by atoms with Crippen molar-refractivity contribution in [3.63, 3.8) is 0 Å².